The number of thiophene rings is 1. The van der Waals surface area contributed by atoms with Gasteiger partial charge in [-0.25, -0.2) is 9.78 Å². The molecule has 0 aliphatic carbocycles. The summed E-state index contributed by atoms with van der Waals surface area (Å²) in [4.78, 5) is 14.8. The average molecular weight is 214 g/mol. The Morgan fingerprint density at radius 2 is 2.31 bits per heavy atom. The van der Waals surface area contributed by atoms with Gasteiger partial charge in [-0.3, -0.25) is 0 Å². The first kappa shape index (κ1) is 8.47. The highest BCUT2D eigenvalue weighted by Crippen LogP contribution is 2.26. The van der Waals surface area contributed by atoms with E-state index >= 15 is 0 Å². The van der Waals surface area contributed by atoms with Crippen LogP contribution in [-0.4, -0.2) is 16.1 Å². The first-order chi connectivity index (χ1) is 6.16. The van der Waals surface area contributed by atoms with Crippen molar-refractivity contribution in [2.75, 3.05) is 0 Å². The molecule has 13 heavy (non-hydrogen) atoms. The van der Waals surface area contributed by atoms with Gasteiger partial charge in [0.25, 0.3) is 0 Å². The number of carboxylic acids is 1. The zero-order valence-electron chi connectivity index (χ0n) is 6.32. The second-order valence-electron chi connectivity index (χ2n) is 2.46. The second-order valence-corrected chi connectivity index (χ2v) is 3.93. The molecule has 66 valence electrons. The van der Waals surface area contributed by atoms with Gasteiger partial charge in [0, 0.05) is 16.3 Å². The fraction of sp³-hybridized carbons (Fsp3) is 0. The van der Waals surface area contributed by atoms with Gasteiger partial charge in [0.2, 0.25) is 0 Å². The molecule has 2 rings (SSSR count). The van der Waals surface area contributed by atoms with Gasteiger partial charge in [-0.05, 0) is 12.1 Å². The van der Waals surface area contributed by atoms with Crippen LogP contribution in [0.1, 0.15) is 9.67 Å². The molecule has 3 nitrogen and oxygen atoms in total. The molecule has 2 aromatic heterocycles. The molecule has 0 bridgehead atoms. The van der Waals surface area contributed by atoms with Crippen molar-refractivity contribution in [2.45, 2.75) is 0 Å². The summed E-state index contributed by atoms with van der Waals surface area (Å²) in [6.45, 7) is 0. The van der Waals surface area contributed by atoms with Crippen molar-refractivity contribution >= 4 is 39.0 Å². The van der Waals surface area contributed by atoms with Gasteiger partial charge in [-0.15, -0.1) is 11.3 Å². The molecule has 0 saturated carbocycles. The van der Waals surface area contributed by atoms with Crippen LogP contribution in [0.25, 0.3) is 10.1 Å². The molecule has 5 heteroatoms. The van der Waals surface area contributed by atoms with Gasteiger partial charge >= 0.3 is 5.97 Å². The molecular formula is C8H4ClNO2S. The number of aromatic carboxylic acids is 1. The Morgan fingerprint density at radius 3 is 3.00 bits per heavy atom. The maximum Gasteiger partial charge on any atom is 0.345 e. The fourth-order valence-electron chi connectivity index (χ4n) is 1.01. The van der Waals surface area contributed by atoms with Crippen molar-refractivity contribution in [2.24, 2.45) is 0 Å². The summed E-state index contributed by atoms with van der Waals surface area (Å²) >= 11 is 6.85. The Kier molecular flexibility index (Phi) is 1.94. The predicted molar refractivity (Wildman–Crippen MR) is 51.6 cm³/mol. The highest BCUT2D eigenvalue weighted by molar-refractivity contribution is 7.20. The van der Waals surface area contributed by atoms with Gasteiger partial charge < -0.3 is 5.11 Å². The number of pyridine rings is 1. The lowest BCUT2D eigenvalue weighted by molar-refractivity contribution is 0.0702. The molecule has 0 aliphatic heterocycles. The molecule has 0 spiro atoms. The van der Waals surface area contributed by atoms with Gasteiger partial charge in [-0.1, -0.05) is 11.6 Å². The summed E-state index contributed by atoms with van der Waals surface area (Å²) < 4.78 is 0.845. The van der Waals surface area contributed by atoms with Crippen LogP contribution in [0.15, 0.2) is 18.3 Å². The van der Waals surface area contributed by atoms with E-state index in [1.165, 1.54) is 11.3 Å². The molecule has 0 aromatic carbocycles. The van der Waals surface area contributed by atoms with E-state index < -0.39 is 5.97 Å². The van der Waals surface area contributed by atoms with E-state index in [0.717, 1.165) is 10.1 Å². The van der Waals surface area contributed by atoms with Crippen LogP contribution < -0.4 is 0 Å². The first-order valence-corrected chi connectivity index (χ1v) is 4.64. The molecule has 0 aliphatic rings. The van der Waals surface area contributed by atoms with Crippen molar-refractivity contribution in [1.29, 1.82) is 0 Å². The van der Waals surface area contributed by atoms with Gasteiger partial charge in [-0.2, -0.15) is 0 Å². The number of hydrogen-bond acceptors (Lipinski definition) is 3. The van der Waals surface area contributed by atoms with Crippen molar-refractivity contribution in [3.8, 4) is 0 Å². The third-order valence-corrected chi connectivity index (χ3v) is 2.87. The number of halogens is 1. The standard InChI is InChI=1S/C8H4ClNO2S/c9-7-2-5-4(3-10-7)1-6(13-5)8(11)12/h1-3H,(H,11,12). The van der Waals surface area contributed by atoms with E-state index in [0.29, 0.717) is 10.0 Å². The highest BCUT2D eigenvalue weighted by atomic mass is 35.5. The van der Waals surface area contributed by atoms with Crippen molar-refractivity contribution in [1.82, 2.24) is 4.98 Å². The normalized spacial score (nSPS) is 10.5. The Morgan fingerprint density at radius 1 is 1.54 bits per heavy atom. The van der Waals surface area contributed by atoms with E-state index in [-0.39, 0.29) is 0 Å². The minimum Gasteiger partial charge on any atom is -0.477 e. The van der Waals surface area contributed by atoms with E-state index in [1.807, 2.05) is 0 Å². The largest absolute Gasteiger partial charge is 0.477 e. The molecule has 2 aromatic rings. The zero-order valence-corrected chi connectivity index (χ0v) is 7.89. The van der Waals surface area contributed by atoms with Crippen LogP contribution in [0.4, 0.5) is 0 Å². The van der Waals surface area contributed by atoms with Crippen LogP contribution in [0.5, 0.6) is 0 Å². The summed E-state index contributed by atoms with van der Waals surface area (Å²) in [5.41, 5.74) is 0. The maximum atomic E-state index is 10.6. The number of aromatic nitrogens is 1. The topological polar surface area (TPSA) is 50.2 Å². The van der Waals surface area contributed by atoms with Crippen molar-refractivity contribution in [3.63, 3.8) is 0 Å². The molecule has 0 saturated heterocycles. The molecule has 0 atom stereocenters. The van der Waals surface area contributed by atoms with E-state index in [4.69, 9.17) is 16.7 Å². The van der Waals surface area contributed by atoms with Gasteiger partial charge in [0.15, 0.2) is 0 Å². The summed E-state index contributed by atoms with van der Waals surface area (Å²) in [7, 11) is 0. The monoisotopic (exact) mass is 213 g/mol. The van der Waals surface area contributed by atoms with Crippen LogP contribution in [0.3, 0.4) is 0 Å². The van der Waals surface area contributed by atoms with Crippen molar-refractivity contribution < 1.29 is 9.90 Å². The highest BCUT2D eigenvalue weighted by Gasteiger charge is 2.08. The Hall–Kier alpha value is -1.13. The molecule has 0 fully saturated rings. The first-order valence-electron chi connectivity index (χ1n) is 3.45. The van der Waals surface area contributed by atoms with Crippen LogP contribution >= 0.6 is 22.9 Å². The smallest absolute Gasteiger partial charge is 0.345 e. The summed E-state index contributed by atoms with van der Waals surface area (Å²) in [6, 6.07) is 3.25. The zero-order chi connectivity index (χ0) is 9.42. The number of fused-ring (bicyclic) bond motifs is 1. The second kappa shape index (κ2) is 2.97. The van der Waals surface area contributed by atoms with Crippen molar-refractivity contribution in [3.05, 3.63) is 28.4 Å². The summed E-state index contributed by atoms with van der Waals surface area (Å²) in [5.74, 6) is -0.919. The van der Waals surface area contributed by atoms with E-state index in [9.17, 15) is 4.79 Å². The van der Waals surface area contributed by atoms with Gasteiger partial charge in [0.05, 0.1) is 0 Å². The molecule has 0 radical (unpaired) electrons. The average Bonchev–Trinajstić information content (AvgIpc) is 2.46. The number of hydrogen-bond donors (Lipinski definition) is 1. The number of rotatable bonds is 1. The van der Waals surface area contributed by atoms with Crippen LogP contribution in [0.2, 0.25) is 5.15 Å². The van der Waals surface area contributed by atoms with E-state index in [2.05, 4.69) is 4.98 Å². The maximum absolute atomic E-state index is 10.6. The molecular weight excluding hydrogens is 210 g/mol. The lowest BCUT2D eigenvalue weighted by Gasteiger charge is -1.87. The SMILES string of the molecule is O=C(O)c1cc2cnc(Cl)cc2s1. The minimum absolute atomic E-state index is 0.305. The molecule has 2 heterocycles. The lowest BCUT2D eigenvalue weighted by atomic mass is 10.3. The summed E-state index contributed by atoms with van der Waals surface area (Å²) in [5, 5.41) is 9.90. The van der Waals surface area contributed by atoms with E-state index in [1.54, 1.807) is 18.3 Å². The van der Waals surface area contributed by atoms with Gasteiger partial charge in [0.1, 0.15) is 10.0 Å². The third-order valence-electron chi connectivity index (χ3n) is 1.58. The van der Waals surface area contributed by atoms with Crippen LogP contribution in [-0.2, 0) is 0 Å². The fourth-order valence-corrected chi connectivity index (χ4v) is 2.15. The quantitative estimate of drug-likeness (QED) is 0.741. The number of nitrogens with zero attached hydrogens (tertiary/aromatic N) is 1. The van der Waals surface area contributed by atoms with Crippen LogP contribution in [0, 0.1) is 0 Å². The minimum atomic E-state index is -0.919. The number of carbonyl (C=O) groups is 1. The molecule has 0 unspecified atom stereocenters. The Bertz CT molecular complexity index is 480. The third kappa shape index (κ3) is 1.50. The molecule has 1 N–H and O–H groups in total. The number of carboxylic acid groups (broad SMARTS) is 1. The molecule has 0 amide bonds. The lowest BCUT2D eigenvalue weighted by Crippen LogP contribution is -1.89. The predicted octanol–water partition coefficient (Wildman–Crippen LogP) is 2.65. The summed E-state index contributed by atoms with van der Waals surface area (Å²) in [6.07, 6.45) is 1.57. The Balaban J connectivity index is 2.68. The Labute approximate surface area is 82.6 Å².